The van der Waals surface area contributed by atoms with Gasteiger partial charge in [0.05, 0.1) is 0 Å². The van der Waals surface area contributed by atoms with Gasteiger partial charge in [-0.2, -0.15) is 0 Å². The maximum absolute atomic E-state index is 5.79. The Morgan fingerprint density at radius 3 is 2.73 bits per heavy atom. The molecule has 0 radical (unpaired) electrons. The Morgan fingerprint density at radius 2 is 2.27 bits per heavy atom. The molecule has 1 fully saturated rings. The van der Waals surface area contributed by atoms with Crippen LogP contribution < -0.4 is 5.73 Å². The van der Waals surface area contributed by atoms with Crippen LogP contribution in [0.4, 0.5) is 0 Å². The molecule has 1 unspecified atom stereocenters. The standard InChI is InChI=1S/C9H20N2/c1-8(2)3-5-11-6-4-9(10)7-11/h8-9H,3-7,10H2,1-2H3. The number of hydrogen-bond acceptors (Lipinski definition) is 2. The largest absolute Gasteiger partial charge is 0.326 e. The highest BCUT2D eigenvalue weighted by Gasteiger charge is 2.18. The summed E-state index contributed by atoms with van der Waals surface area (Å²) in [4.78, 5) is 2.48. The van der Waals surface area contributed by atoms with E-state index in [1.165, 1.54) is 25.9 Å². The Labute approximate surface area is 69.8 Å². The van der Waals surface area contributed by atoms with Crippen LogP contribution in [-0.4, -0.2) is 30.6 Å². The van der Waals surface area contributed by atoms with Crippen molar-refractivity contribution in [2.75, 3.05) is 19.6 Å². The lowest BCUT2D eigenvalue weighted by atomic mass is 10.1. The highest BCUT2D eigenvalue weighted by atomic mass is 15.2. The van der Waals surface area contributed by atoms with Crippen LogP contribution in [0.1, 0.15) is 26.7 Å². The van der Waals surface area contributed by atoms with Crippen molar-refractivity contribution in [2.24, 2.45) is 11.7 Å². The van der Waals surface area contributed by atoms with Crippen LogP contribution in [0, 0.1) is 5.92 Å². The Balaban J connectivity index is 2.08. The molecule has 0 amide bonds. The van der Waals surface area contributed by atoms with E-state index in [-0.39, 0.29) is 0 Å². The van der Waals surface area contributed by atoms with E-state index >= 15 is 0 Å². The van der Waals surface area contributed by atoms with E-state index in [2.05, 4.69) is 18.7 Å². The van der Waals surface area contributed by atoms with Crippen molar-refractivity contribution in [3.05, 3.63) is 0 Å². The summed E-state index contributed by atoms with van der Waals surface area (Å²) in [6.07, 6.45) is 2.50. The summed E-state index contributed by atoms with van der Waals surface area (Å²) in [6.45, 7) is 8.12. The van der Waals surface area contributed by atoms with Gasteiger partial charge in [0.2, 0.25) is 0 Å². The molecule has 0 spiro atoms. The minimum Gasteiger partial charge on any atom is -0.326 e. The number of nitrogens with two attached hydrogens (primary N) is 1. The van der Waals surface area contributed by atoms with Crippen molar-refractivity contribution in [1.82, 2.24) is 4.90 Å². The molecular formula is C9H20N2. The van der Waals surface area contributed by atoms with Crippen LogP contribution in [0.5, 0.6) is 0 Å². The van der Waals surface area contributed by atoms with E-state index in [1.807, 2.05) is 0 Å². The van der Waals surface area contributed by atoms with Crippen molar-refractivity contribution >= 4 is 0 Å². The highest BCUT2D eigenvalue weighted by molar-refractivity contribution is 4.77. The van der Waals surface area contributed by atoms with Gasteiger partial charge in [0, 0.05) is 12.6 Å². The van der Waals surface area contributed by atoms with Gasteiger partial charge >= 0.3 is 0 Å². The molecule has 1 aliphatic heterocycles. The molecule has 1 atom stereocenters. The number of rotatable bonds is 3. The molecule has 1 saturated heterocycles. The fourth-order valence-electron chi connectivity index (χ4n) is 1.51. The molecule has 66 valence electrons. The Bertz CT molecular complexity index is 112. The van der Waals surface area contributed by atoms with Gasteiger partial charge in [0.25, 0.3) is 0 Å². The van der Waals surface area contributed by atoms with Crippen molar-refractivity contribution in [1.29, 1.82) is 0 Å². The maximum Gasteiger partial charge on any atom is 0.0180 e. The minimum atomic E-state index is 0.446. The topological polar surface area (TPSA) is 29.3 Å². The van der Waals surface area contributed by atoms with Gasteiger partial charge in [-0.25, -0.2) is 0 Å². The summed E-state index contributed by atoms with van der Waals surface area (Å²) in [5, 5.41) is 0. The van der Waals surface area contributed by atoms with Gasteiger partial charge in [0.1, 0.15) is 0 Å². The summed E-state index contributed by atoms with van der Waals surface area (Å²) >= 11 is 0. The van der Waals surface area contributed by atoms with E-state index in [9.17, 15) is 0 Å². The lowest BCUT2D eigenvalue weighted by Crippen LogP contribution is -2.27. The van der Waals surface area contributed by atoms with Crippen LogP contribution in [-0.2, 0) is 0 Å². The summed E-state index contributed by atoms with van der Waals surface area (Å²) in [5.41, 5.74) is 5.79. The average molecular weight is 156 g/mol. The van der Waals surface area contributed by atoms with E-state index in [4.69, 9.17) is 5.73 Å². The first kappa shape index (κ1) is 9.01. The van der Waals surface area contributed by atoms with Crippen LogP contribution >= 0.6 is 0 Å². The first-order valence-electron chi connectivity index (χ1n) is 4.66. The molecule has 1 aliphatic rings. The average Bonchev–Trinajstić information content (AvgIpc) is 2.31. The molecule has 0 saturated carbocycles. The Kier molecular flexibility index (Phi) is 3.34. The van der Waals surface area contributed by atoms with Gasteiger partial charge in [-0.1, -0.05) is 13.8 Å². The fraction of sp³-hybridized carbons (Fsp3) is 1.00. The molecule has 1 rings (SSSR count). The molecule has 0 aromatic heterocycles. The lowest BCUT2D eigenvalue weighted by molar-refractivity contribution is 0.310. The number of hydrogen-bond donors (Lipinski definition) is 1. The van der Waals surface area contributed by atoms with E-state index < -0.39 is 0 Å². The summed E-state index contributed by atoms with van der Waals surface area (Å²) < 4.78 is 0. The monoisotopic (exact) mass is 156 g/mol. The SMILES string of the molecule is CC(C)CCN1CCC(N)C1. The second kappa shape index (κ2) is 4.07. The third-order valence-electron chi connectivity index (χ3n) is 2.33. The first-order chi connectivity index (χ1) is 5.18. The zero-order chi connectivity index (χ0) is 8.27. The predicted molar refractivity (Wildman–Crippen MR) is 48.5 cm³/mol. The van der Waals surface area contributed by atoms with Gasteiger partial charge in [-0.05, 0) is 31.8 Å². The summed E-state index contributed by atoms with van der Waals surface area (Å²) in [6, 6.07) is 0.446. The van der Waals surface area contributed by atoms with E-state index in [0.29, 0.717) is 6.04 Å². The number of nitrogens with zero attached hydrogens (tertiary/aromatic N) is 1. The van der Waals surface area contributed by atoms with Crippen LogP contribution in [0.2, 0.25) is 0 Å². The van der Waals surface area contributed by atoms with Crippen molar-refractivity contribution in [3.63, 3.8) is 0 Å². The molecule has 2 nitrogen and oxygen atoms in total. The summed E-state index contributed by atoms with van der Waals surface area (Å²) in [7, 11) is 0. The molecule has 1 heterocycles. The Morgan fingerprint density at radius 1 is 1.55 bits per heavy atom. The predicted octanol–water partition coefficient (Wildman–Crippen LogP) is 1.07. The zero-order valence-electron chi connectivity index (χ0n) is 7.71. The van der Waals surface area contributed by atoms with Crippen molar-refractivity contribution in [2.45, 2.75) is 32.7 Å². The molecule has 0 aromatic rings. The van der Waals surface area contributed by atoms with Gasteiger partial charge < -0.3 is 10.6 Å². The molecule has 0 aromatic carbocycles. The van der Waals surface area contributed by atoms with Gasteiger partial charge in [0.15, 0.2) is 0 Å². The molecule has 11 heavy (non-hydrogen) atoms. The number of likely N-dealkylation sites (tertiary alicyclic amines) is 1. The molecule has 0 aliphatic carbocycles. The maximum atomic E-state index is 5.79. The van der Waals surface area contributed by atoms with Crippen LogP contribution in [0.3, 0.4) is 0 Å². The highest BCUT2D eigenvalue weighted by Crippen LogP contribution is 2.09. The van der Waals surface area contributed by atoms with Gasteiger partial charge in [-0.15, -0.1) is 0 Å². The fourth-order valence-corrected chi connectivity index (χ4v) is 1.51. The van der Waals surface area contributed by atoms with E-state index in [1.54, 1.807) is 0 Å². The zero-order valence-corrected chi connectivity index (χ0v) is 7.71. The minimum absolute atomic E-state index is 0.446. The van der Waals surface area contributed by atoms with Gasteiger partial charge in [-0.3, -0.25) is 0 Å². The second-order valence-electron chi connectivity index (χ2n) is 4.03. The molecular weight excluding hydrogens is 136 g/mol. The van der Waals surface area contributed by atoms with Crippen molar-refractivity contribution < 1.29 is 0 Å². The second-order valence-corrected chi connectivity index (χ2v) is 4.03. The normalized spacial score (nSPS) is 26.7. The third kappa shape index (κ3) is 3.21. The smallest absolute Gasteiger partial charge is 0.0180 e. The molecule has 2 N–H and O–H groups in total. The molecule has 0 bridgehead atoms. The van der Waals surface area contributed by atoms with E-state index in [0.717, 1.165) is 12.5 Å². The Hall–Kier alpha value is -0.0800. The van der Waals surface area contributed by atoms with Crippen LogP contribution in [0.25, 0.3) is 0 Å². The van der Waals surface area contributed by atoms with Crippen LogP contribution in [0.15, 0.2) is 0 Å². The molecule has 2 heteroatoms. The lowest BCUT2D eigenvalue weighted by Gasteiger charge is -2.15. The first-order valence-corrected chi connectivity index (χ1v) is 4.66. The summed E-state index contributed by atoms with van der Waals surface area (Å²) in [5.74, 6) is 0.826. The quantitative estimate of drug-likeness (QED) is 0.662. The third-order valence-corrected chi connectivity index (χ3v) is 2.33. The van der Waals surface area contributed by atoms with Crippen molar-refractivity contribution in [3.8, 4) is 0 Å².